The third-order valence-corrected chi connectivity index (χ3v) is 7.25. The standard InChI is InChI=1S/C20H22BrClNO6P/c1-27-20(25)18(11-15-10-16(22)8-9-17(15)21)23-19(24)14-6-4-13(5-7-14)12-30(26,28-2)29-3/h4-10,18H,11-12H2,1-3H3,(H,23,24)/t18-/m1/s1. The Morgan fingerprint density at radius 1 is 1.10 bits per heavy atom. The maximum Gasteiger partial charge on any atom is 0.334 e. The molecule has 0 aliphatic carbocycles. The Kier molecular flexibility index (Phi) is 9.07. The number of hydrogen-bond acceptors (Lipinski definition) is 6. The summed E-state index contributed by atoms with van der Waals surface area (Å²) in [4.78, 5) is 24.9. The van der Waals surface area contributed by atoms with Crippen molar-refractivity contribution in [3.63, 3.8) is 0 Å². The molecule has 0 saturated carbocycles. The predicted octanol–water partition coefficient (Wildman–Crippen LogP) is 4.60. The molecule has 0 unspecified atom stereocenters. The highest BCUT2D eigenvalue weighted by Crippen LogP contribution is 2.49. The quantitative estimate of drug-likeness (QED) is 0.385. The normalized spacial score (nSPS) is 12.3. The van der Waals surface area contributed by atoms with Crippen molar-refractivity contribution in [2.75, 3.05) is 21.3 Å². The first-order valence-electron chi connectivity index (χ1n) is 8.83. The number of hydrogen-bond donors (Lipinski definition) is 1. The Balaban J connectivity index is 2.14. The van der Waals surface area contributed by atoms with E-state index in [1.165, 1.54) is 21.3 Å². The predicted molar refractivity (Wildman–Crippen MR) is 118 cm³/mol. The molecule has 7 nitrogen and oxygen atoms in total. The summed E-state index contributed by atoms with van der Waals surface area (Å²) in [5.74, 6) is -1.02. The molecule has 0 aliphatic rings. The lowest BCUT2D eigenvalue weighted by Crippen LogP contribution is -2.43. The zero-order valence-electron chi connectivity index (χ0n) is 16.7. The third-order valence-electron chi connectivity index (χ3n) is 4.37. The number of carbonyl (C=O) groups is 2. The van der Waals surface area contributed by atoms with Crippen molar-refractivity contribution in [2.24, 2.45) is 0 Å². The first-order chi connectivity index (χ1) is 14.2. The Hall–Kier alpha value is -1.70. The molecule has 0 aromatic heterocycles. The van der Waals surface area contributed by atoms with Crippen molar-refractivity contribution >= 4 is 47.0 Å². The summed E-state index contributed by atoms with van der Waals surface area (Å²) in [7, 11) is 0.684. The molecule has 30 heavy (non-hydrogen) atoms. The first kappa shape index (κ1) is 24.6. The van der Waals surface area contributed by atoms with Crippen molar-refractivity contribution in [1.82, 2.24) is 5.32 Å². The van der Waals surface area contributed by atoms with Gasteiger partial charge in [0.1, 0.15) is 6.04 Å². The van der Waals surface area contributed by atoms with Gasteiger partial charge in [0, 0.05) is 35.7 Å². The Morgan fingerprint density at radius 3 is 2.30 bits per heavy atom. The maximum absolute atomic E-state index is 12.7. The van der Waals surface area contributed by atoms with Crippen LogP contribution in [0.5, 0.6) is 0 Å². The maximum atomic E-state index is 12.7. The smallest absolute Gasteiger partial charge is 0.334 e. The Morgan fingerprint density at radius 2 is 1.73 bits per heavy atom. The van der Waals surface area contributed by atoms with Gasteiger partial charge >= 0.3 is 13.6 Å². The first-order valence-corrected chi connectivity index (χ1v) is 11.7. The van der Waals surface area contributed by atoms with Crippen LogP contribution in [0.4, 0.5) is 0 Å². The summed E-state index contributed by atoms with van der Waals surface area (Å²) in [5, 5.41) is 3.20. The fourth-order valence-electron chi connectivity index (χ4n) is 2.69. The number of nitrogens with one attached hydrogen (secondary N) is 1. The highest BCUT2D eigenvalue weighted by Gasteiger charge is 2.25. The fourth-order valence-corrected chi connectivity index (χ4v) is 4.35. The number of halogens is 2. The molecule has 0 spiro atoms. The number of ether oxygens (including phenoxy) is 1. The molecule has 10 heteroatoms. The average Bonchev–Trinajstić information content (AvgIpc) is 2.75. The largest absolute Gasteiger partial charge is 0.467 e. The molecular weight excluding hydrogens is 497 g/mol. The minimum atomic E-state index is -3.21. The van der Waals surface area contributed by atoms with Crippen molar-refractivity contribution in [2.45, 2.75) is 18.6 Å². The van der Waals surface area contributed by atoms with E-state index in [-0.39, 0.29) is 12.6 Å². The number of esters is 1. The summed E-state index contributed by atoms with van der Waals surface area (Å²) in [6.07, 6.45) is 0.276. The second kappa shape index (κ2) is 11.1. The van der Waals surface area contributed by atoms with E-state index in [1.54, 1.807) is 42.5 Å². The van der Waals surface area contributed by atoms with Crippen molar-refractivity contribution in [3.8, 4) is 0 Å². The average molecular weight is 519 g/mol. The molecule has 0 bridgehead atoms. The number of amides is 1. The summed E-state index contributed by atoms with van der Waals surface area (Å²) in [6, 6.07) is 10.7. The molecule has 1 amide bonds. The molecule has 0 aliphatic heterocycles. The molecule has 0 heterocycles. The van der Waals surface area contributed by atoms with E-state index in [0.29, 0.717) is 16.1 Å². The number of benzene rings is 2. The van der Waals surface area contributed by atoms with E-state index in [9.17, 15) is 14.2 Å². The molecule has 1 atom stereocenters. The zero-order chi connectivity index (χ0) is 22.3. The fraction of sp³-hybridized carbons (Fsp3) is 0.300. The van der Waals surface area contributed by atoms with Crippen molar-refractivity contribution < 1.29 is 27.9 Å². The highest BCUT2D eigenvalue weighted by atomic mass is 79.9. The van der Waals surface area contributed by atoms with Crippen LogP contribution in [0, 0.1) is 0 Å². The number of carbonyl (C=O) groups excluding carboxylic acids is 2. The van der Waals surface area contributed by atoms with Gasteiger partial charge in [0.15, 0.2) is 0 Å². The van der Waals surface area contributed by atoms with Crippen molar-refractivity contribution in [1.29, 1.82) is 0 Å². The monoisotopic (exact) mass is 517 g/mol. The van der Waals surface area contributed by atoms with Crippen LogP contribution in [0.1, 0.15) is 21.5 Å². The van der Waals surface area contributed by atoms with Gasteiger partial charge in [0.2, 0.25) is 0 Å². The minimum absolute atomic E-state index is 0.0788. The van der Waals surface area contributed by atoms with Gasteiger partial charge in [-0.15, -0.1) is 0 Å². The van der Waals surface area contributed by atoms with Crippen molar-refractivity contribution in [3.05, 3.63) is 68.7 Å². The SMILES string of the molecule is COC(=O)[C@@H](Cc1cc(Cl)ccc1Br)NC(=O)c1ccc(CP(=O)(OC)OC)cc1. The second-order valence-corrected chi connectivity index (χ2v) is 9.88. The van der Waals surface area contributed by atoms with Crippen LogP contribution in [0.2, 0.25) is 5.02 Å². The molecule has 1 N–H and O–H groups in total. The van der Waals surface area contributed by atoms with E-state index in [0.717, 1.165) is 10.0 Å². The summed E-state index contributed by atoms with van der Waals surface area (Å²) in [5.41, 5.74) is 1.77. The van der Waals surface area contributed by atoms with Gasteiger partial charge in [-0.25, -0.2) is 4.79 Å². The molecule has 2 rings (SSSR count). The lowest BCUT2D eigenvalue weighted by atomic mass is 10.0. The van der Waals surface area contributed by atoms with E-state index in [1.807, 2.05) is 0 Å². The third kappa shape index (κ3) is 6.65. The molecular formula is C20H22BrClNO6P. The van der Waals surface area contributed by atoms with Crippen LogP contribution in [0.3, 0.4) is 0 Å². The van der Waals surface area contributed by atoms with Crippen LogP contribution in [0.15, 0.2) is 46.9 Å². The second-order valence-electron chi connectivity index (χ2n) is 6.32. The summed E-state index contributed by atoms with van der Waals surface area (Å²) in [6.45, 7) is 0. The van der Waals surface area contributed by atoms with Gasteiger partial charge in [-0.05, 0) is 41.5 Å². The van der Waals surface area contributed by atoms with Gasteiger partial charge in [0.05, 0.1) is 13.3 Å². The summed E-state index contributed by atoms with van der Waals surface area (Å²) < 4.78 is 27.7. The summed E-state index contributed by atoms with van der Waals surface area (Å²) >= 11 is 9.45. The molecule has 2 aromatic carbocycles. The minimum Gasteiger partial charge on any atom is -0.467 e. The van der Waals surface area contributed by atoms with Gasteiger partial charge in [-0.3, -0.25) is 9.36 Å². The van der Waals surface area contributed by atoms with Crippen LogP contribution >= 0.6 is 35.1 Å². The van der Waals surface area contributed by atoms with Gasteiger partial charge in [-0.2, -0.15) is 0 Å². The molecule has 0 saturated heterocycles. The number of methoxy groups -OCH3 is 1. The van der Waals surface area contributed by atoms with Crippen LogP contribution < -0.4 is 5.32 Å². The molecule has 0 radical (unpaired) electrons. The van der Waals surface area contributed by atoms with Gasteiger partial charge in [0.25, 0.3) is 5.91 Å². The van der Waals surface area contributed by atoms with Gasteiger partial charge in [-0.1, -0.05) is 39.7 Å². The lowest BCUT2D eigenvalue weighted by Gasteiger charge is -2.18. The molecule has 2 aromatic rings. The Bertz CT molecular complexity index is 945. The molecule has 0 fully saturated rings. The number of rotatable bonds is 9. The Labute approximate surface area is 188 Å². The van der Waals surface area contributed by atoms with Crippen LogP contribution in [-0.4, -0.2) is 39.2 Å². The highest BCUT2D eigenvalue weighted by molar-refractivity contribution is 9.10. The van der Waals surface area contributed by atoms with Gasteiger partial charge < -0.3 is 19.1 Å². The van der Waals surface area contributed by atoms with Crippen LogP contribution in [-0.2, 0) is 35.7 Å². The molecule has 162 valence electrons. The van der Waals surface area contributed by atoms with Crippen LogP contribution in [0.25, 0.3) is 0 Å². The topological polar surface area (TPSA) is 90.9 Å². The van der Waals surface area contributed by atoms with E-state index in [4.69, 9.17) is 25.4 Å². The van der Waals surface area contributed by atoms with E-state index >= 15 is 0 Å². The zero-order valence-corrected chi connectivity index (χ0v) is 19.9. The van der Waals surface area contributed by atoms with E-state index < -0.39 is 25.5 Å². The van der Waals surface area contributed by atoms with E-state index in [2.05, 4.69) is 21.2 Å². The lowest BCUT2D eigenvalue weighted by molar-refractivity contribution is -0.142.